The molecule has 1 aliphatic rings. The highest BCUT2D eigenvalue weighted by molar-refractivity contribution is 6.30. The normalized spacial score (nSPS) is 16.0. The van der Waals surface area contributed by atoms with E-state index in [9.17, 15) is 9.90 Å². The second-order valence-corrected chi connectivity index (χ2v) is 7.27. The van der Waals surface area contributed by atoms with Gasteiger partial charge in [-0.05, 0) is 23.8 Å². The van der Waals surface area contributed by atoms with Crippen molar-refractivity contribution in [1.29, 1.82) is 0 Å². The maximum Gasteiger partial charge on any atom is 0.221 e. The molecular weight excluding hydrogens is 364 g/mol. The summed E-state index contributed by atoms with van der Waals surface area (Å²) >= 11 is 6.13. The van der Waals surface area contributed by atoms with Crippen LogP contribution in [0.15, 0.2) is 48.5 Å². The molecule has 1 amide bonds. The summed E-state index contributed by atoms with van der Waals surface area (Å²) in [6.45, 7) is 5.07. The van der Waals surface area contributed by atoms with Gasteiger partial charge in [0, 0.05) is 22.9 Å². The van der Waals surface area contributed by atoms with Gasteiger partial charge in [-0.2, -0.15) is 0 Å². The van der Waals surface area contributed by atoms with Gasteiger partial charge in [0.05, 0.1) is 26.3 Å². The molecule has 6 heteroatoms. The summed E-state index contributed by atoms with van der Waals surface area (Å²) in [5, 5.41) is 13.9. The van der Waals surface area contributed by atoms with Gasteiger partial charge in [-0.1, -0.05) is 41.9 Å². The number of amides is 1. The molecule has 2 aromatic carbocycles. The van der Waals surface area contributed by atoms with Crippen LogP contribution in [0.4, 0.5) is 0 Å². The van der Waals surface area contributed by atoms with E-state index in [-0.39, 0.29) is 24.0 Å². The fourth-order valence-corrected chi connectivity index (χ4v) is 3.62. The van der Waals surface area contributed by atoms with Gasteiger partial charge < -0.3 is 20.1 Å². The molecule has 0 saturated carbocycles. The molecule has 1 atom stereocenters. The summed E-state index contributed by atoms with van der Waals surface area (Å²) in [6.07, 6.45) is 0.260. The molecule has 3 N–H and O–H groups in total. The molecule has 0 bridgehead atoms. The molecule has 1 saturated heterocycles. The summed E-state index contributed by atoms with van der Waals surface area (Å²) in [5.74, 6) is -0.129. The average molecular weight is 390 g/mol. The highest BCUT2D eigenvalue weighted by Crippen LogP contribution is 2.35. The van der Waals surface area contributed by atoms with Gasteiger partial charge in [-0.3, -0.25) is 4.79 Å². The van der Waals surface area contributed by atoms with E-state index in [1.807, 2.05) is 30.3 Å². The van der Waals surface area contributed by atoms with Gasteiger partial charge in [-0.25, -0.2) is 0 Å². The molecule has 1 fully saturated rings. The highest BCUT2D eigenvalue weighted by atomic mass is 35.5. The molecule has 1 aliphatic heterocycles. The molecule has 1 heterocycles. The van der Waals surface area contributed by atoms with Crippen molar-refractivity contribution >= 4 is 17.5 Å². The first-order valence-electron chi connectivity index (χ1n) is 9.35. The number of quaternary nitrogens is 1. The highest BCUT2D eigenvalue weighted by Gasteiger charge is 2.22. The molecule has 2 aromatic rings. The molecule has 0 unspecified atom stereocenters. The number of benzene rings is 2. The standard InChI is InChI=1S/C21H25ClN2O3/c22-17-6-7-20(25)19(14-17)18(16-4-2-1-3-5-16)15-21(26)23-8-9-24-10-12-27-13-11-24/h1-7,14,18,25H,8-13,15H2,(H,23,26)/p+1/t18-/m0/s1. The number of hydrogen-bond donors (Lipinski definition) is 3. The second-order valence-electron chi connectivity index (χ2n) is 6.83. The monoisotopic (exact) mass is 389 g/mol. The first kappa shape index (κ1) is 19.7. The largest absolute Gasteiger partial charge is 0.508 e. The zero-order valence-corrected chi connectivity index (χ0v) is 16.0. The summed E-state index contributed by atoms with van der Waals surface area (Å²) in [7, 11) is 0. The van der Waals surface area contributed by atoms with Crippen molar-refractivity contribution in [3.8, 4) is 5.75 Å². The average Bonchev–Trinajstić information content (AvgIpc) is 2.70. The minimum atomic E-state index is -0.249. The van der Waals surface area contributed by atoms with Crippen molar-refractivity contribution in [2.75, 3.05) is 39.4 Å². The van der Waals surface area contributed by atoms with Crippen molar-refractivity contribution in [2.24, 2.45) is 0 Å². The lowest BCUT2D eigenvalue weighted by atomic mass is 9.87. The first-order chi connectivity index (χ1) is 13.1. The lowest BCUT2D eigenvalue weighted by Gasteiger charge is -2.24. The van der Waals surface area contributed by atoms with Gasteiger partial charge in [0.25, 0.3) is 0 Å². The number of morpholine rings is 1. The predicted molar refractivity (Wildman–Crippen MR) is 105 cm³/mol. The maximum absolute atomic E-state index is 12.6. The van der Waals surface area contributed by atoms with E-state index in [2.05, 4.69) is 5.32 Å². The van der Waals surface area contributed by atoms with Crippen LogP contribution in [0.25, 0.3) is 0 Å². The zero-order chi connectivity index (χ0) is 19.1. The van der Waals surface area contributed by atoms with Crippen LogP contribution in [0.3, 0.4) is 0 Å². The SMILES string of the molecule is O=C(C[C@@H](c1ccccc1)c1cc(Cl)ccc1O)NCC[NH+]1CCOCC1. The quantitative estimate of drug-likeness (QED) is 0.674. The molecule has 144 valence electrons. The summed E-state index contributed by atoms with van der Waals surface area (Å²) in [4.78, 5) is 14.0. The number of halogens is 1. The number of hydrogen-bond acceptors (Lipinski definition) is 3. The van der Waals surface area contributed by atoms with Crippen LogP contribution in [0.5, 0.6) is 5.75 Å². The van der Waals surface area contributed by atoms with E-state index in [0.717, 1.165) is 38.4 Å². The van der Waals surface area contributed by atoms with Gasteiger partial charge in [0.1, 0.15) is 18.8 Å². The van der Waals surface area contributed by atoms with Gasteiger partial charge in [-0.15, -0.1) is 0 Å². The minimum Gasteiger partial charge on any atom is -0.508 e. The molecule has 5 nitrogen and oxygen atoms in total. The molecule has 3 rings (SSSR count). The Bertz CT molecular complexity index is 748. The number of phenols is 1. The topological polar surface area (TPSA) is 63.0 Å². The van der Waals surface area contributed by atoms with Crippen LogP contribution in [0, 0.1) is 0 Å². The third kappa shape index (κ3) is 5.70. The van der Waals surface area contributed by atoms with E-state index in [1.165, 1.54) is 4.90 Å². The van der Waals surface area contributed by atoms with Crippen molar-refractivity contribution in [3.63, 3.8) is 0 Å². The number of phenolic OH excluding ortho intramolecular Hbond substituents is 1. The fourth-order valence-electron chi connectivity index (χ4n) is 3.44. The molecular formula is C21H26ClN2O3+. The lowest BCUT2D eigenvalue weighted by molar-refractivity contribution is -0.906. The molecule has 0 aromatic heterocycles. The summed E-state index contributed by atoms with van der Waals surface area (Å²) in [5.41, 5.74) is 1.65. The van der Waals surface area contributed by atoms with E-state index in [0.29, 0.717) is 17.1 Å². The van der Waals surface area contributed by atoms with Crippen molar-refractivity contribution in [2.45, 2.75) is 12.3 Å². The van der Waals surface area contributed by atoms with E-state index >= 15 is 0 Å². The maximum atomic E-state index is 12.6. The predicted octanol–water partition coefficient (Wildman–Crippen LogP) is 1.60. The van der Waals surface area contributed by atoms with Crippen molar-refractivity contribution in [1.82, 2.24) is 5.32 Å². The Labute approximate surface area is 164 Å². The Morgan fingerprint density at radius 1 is 1.19 bits per heavy atom. The Morgan fingerprint density at radius 3 is 2.67 bits per heavy atom. The van der Waals surface area contributed by atoms with E-state index in [1.54, 1.807) is 18.2 Å². The summed E-state index contributed by atoms with van der Waals surface area (Å²) in [6, 6.07) is 14.7. The van der Waals surface area contributed by atoms with Crippen LogP contribution < -0.4 is 10.2 Å². The zero-order valence-electron chi connectivity index (χ0n) is 15.3. The van der Waals surface area contributed by atoms with Crippen molar-refractivity contribution < 1.29 is 19.5 Å². The minimum absolute atomic E-state index is 0.0316. The third-order valence-electron chi connectivity index (χ3n) is 4.96. The van der Waals surface area contributed by atoms with Crippen LogP contribution in [-0.2, 0) is 9.53 Å². The van der Waals surface area contributed by atoms with E-state index < -0.39 is 0 Å². The number of ether oxygens (including phenoxy) is 1. The smallest absolute Gasteiger partial charge is 0.221 e. The molecule has 27 heavy (non-hydrogen) atoms. The molecule has 0 radical (unpaired) electrons. The van der Waals surface area contributed by atoms with Crippen LogP contribution in [0.2, 0.25) is 5.02 Å². The van der Waals surface area contributed by atoms with Crippen LogP contribution in [0.1, 0.15) is 23.5 Å². The lowest BCUT2D eigenvalue weighted by Crippen LogP contribution is -3.14. The first-order valence-corrected chi connectivity index (χ1v) is 9.72. The Morgan fingerprint density at radius 2 is 1.93 bits per heavy atom. The Balaban J connectivity index is 1.66. The number of carbonyl (C=O) groups is 1. The van der Waals surface area contributed by atoms with Crippen LogP contribution in [-0.4, -0.2) is 50.4 Å². The van der Waals surface area contributed by atoms with Gasteiger partial charge in [0.15, 0.2) is 0 Å². The Hall–Kier alpha value is -2.08. The number of carbonyl (C=O) groups excluding carboxylic acids is 1. The van der Waals surface area contributed by atoms with Crippen LogP contribution >= 0.6 is 11.6 Å². The van der Waals surface area contributed by atoms with Gasteiger partial charge in [0.2, 0.25) is 5.91 Å². The molecule has 0 spiro atoms. The number of nitrogens with one attached hydrogen (secondary N) is 2. The van der Waals surface area contributed by atoms with Gasteiger partial charge >= 0.3 is 0 Å². The fraction of sp³-hybridized carbons (Fsp3) is 0.381. The third-order valence-corrected chi connectivity index (χ3v) is 5.19. The summed E-state index contributed by atoms with van der Waals surface area (Å²) < 4.78 is 5.36. The van der Waals surface area contributed by atoms with E-state index in [4.69, 9.17) is 16.3 Å². The number of rotatable bonds is 7. The second kappa shape index (κ2) is 9.74. The van der Waals surface area contributed by atoms with Crippen molar-refractivity contribution in [3.05, 3.63) is 64.7 Å². The molecule has 0 aliphatic carbocycles. The number of aromatic hydroxyl groups is 1. The Kier molecular flexibility index (Phi) is 7.10.